The molecule has 0 heterocycles. The summed E-state index contributed by atoms with van der Waals surface area (Å²) in [6.45, 7) is 9.28. The number of nitrogens with one attached hydrogen (secondary N) is 3. The Bertz CT molecular complexity index is 1040. The molecule has 3 amide bonds. The molecule has 0 aliphatic rings. The molecule has 0 saturated heterocycles. The monoisotopic (exact) mass is 500 g/mol. The van der Waals surface area contributed by atoms with Crippen molar-refractivity contribution in [1.82, 2.24) is 10.7 Å². The minimum atomic E-state index is -0.913. The third-order valence-electron chi connectivity index (χ3n) is 4.25. The van der Waals surface area contributed by atoms with Crippen molar-refractivity contribution in [2.75, 3.05) is 18.5 Å². The molecule has 168 valence electrons. The number of hydrazone groups is 1. The van der Waals surface area contributed by atoms with Gasteiger partial charge in [-0.15, -0.1) is 6.58 Å². The Morgan fingerprint density at radius 3 is 2.44 bits per heavy atom. The average molecular weight is 501 g/mol. The van der Waals surface area contributed by atoms with Crippen molar-refractivity contribution >= 4 is 45.6 Å². The van der Waals surface area contributed by atoms with Gasteiger partial charge in [-0.3, -0.25) is 14.4 Å². The lowest BCUT2D eigenvalue weighted by Gasteiger charge is -2.14. The maximum absolute atomic E-state index is 12.4. The summed E-state index contributed by atoms with van der Waals surface area (Å²) in [5, 5.41) is 9.01. The summed E-state index contributed by atoms with van der Waals surface area (Å²) in [5.74, 6) is -1.66. The van der Waals surface area contributed by atoms with E-state index in [1.165, 1.54) is 12.3 Å². The second-order valence-electron chi connectivity index (χ2n) is 6.99. The number of hydrogen-bond acceptors (Lipinski definition) is 5. The molecule has 0 saturated carbocycles. The van der Waals surface area contributed by atoms with Crippen molar-refractivity contribution in [2.45, 2.75) is 20.8 Å². The number of amides is 3. The van der Waals surface area contributed by atoms with Gasteiger partial charge in [-0.25, -0.2) is 5.43 Å². The quantitative estimate of drug-likeness (QED) is 0.224. The number of halogens is 1. The van der Waals surface area contributed by atoms with Gasteiger partial charge in [0.1, 0.15) is 5.75 Å². The maximum atomic E-state index is 12.4. The summed E-state index contributed by atoms with van der Waals surface area (Å²) in [6, 6.07) is 9.12. The molecule has 2 aromatic carbocycles. The van der Waals surface area contributed by atoms with Gasteiger partial charge in [-0.2, -0.15) is 5.10 Å². The predicted octanol–water partition coefficient (Wildman–Crippen LogP) is 3.14. The highest BCUT2D eigenvalue weighted by atomic mass is 79.9. The van der Waals surface area contributed by atoms with E-state index in [1.54, 1.807) is 18.2 Å². The first-order valence-corrected chi connectivity index (χ1v) is 10.5. The third kappa shape index (κ3) is 7.35. The molecule has 2 aromatic rings. The number of anilines is 1. The van der Waals surface area contributed by atoms with Gasteiger partial charge in [0, 0.05) is 22.3 Å². The molecule has 2 rings (SSSR count). The lowest BCUT2D eigenvalue weighted by Crippen LogP contribution is -2.37. The van der Waals surface area contributed by atoms with Gasteiger partial charge in [-0.05, 0) is 50.1 Å². The number of nitrogens with zero attached hydrogens (tertiary/aromatic N) is 1. The zero-order chi connectivity index (χ0) is 23.7. The number of aryl methyl sites for hydroxylation is 3. The average Bonchev–Trinajstić information content (AvgIpc) is 2.73. The van der Waals surface area contributed by atoms with Gasteiger partial charge in [0.2, 0.25) is 0 Å². The Morgan fingerprint density at radius 1 is 1.09 bits per heavy atom. The Hall–Kier alpha value is -3.46. The summed E-state index contributed by atoms with van der Waals surface area (Å²) < 4.78 is 6.41. The SMILES string of the molecule is C=CCNC(=O)C(=O)N/N=C\c1cc(Br)ccc1OCC(=O)Nc1c(C)cc(C)cc1C. The number of carbonyl (C=O) groups is 3. The minimum absolute atomic E-state index is 0.170. The van der Waals surface area contributed by atoms with Crippen LogP contribution in [0.4, 0.5) is 5.69 Å². The number of rotatable bonds is 8. The maximum Gasteiger partial charge on any atom is 0.329 e. The van der Waals surface area contributed by atoms with Crippen molar-refractivity contribution in [3.8, 4) is 5.75 Å². The summed E-state index contributed by atoms with van der Waals surface area (Å²) >= 11 is 3.36. The Labute approximate surface area is 195 Å². The van der Waals surface area contributed by atoms with Crippen molar-refractivity contribution in [1.29, 1.82) is 0 Å². The molecule has 0 aromatic heterocycles. The number of benzene rings is 2. The molecule has 8 nitrogen and oxygen atoms in total. The van der Waals surface area contributed by atoms with Crippen molar-refractivity contribution < 1.29 is 19.1 Å². The van der Waals surface area contributed by atoms with Gasteiger partial charge in [0.05, 0.1) is 6.21 Å². The molecule has 0 aliphatic carbocycles. The fourth-order valence-corrected chi connectivity index (χ4v) is 3.28. The van der Waals surface area contributed by atoms with Crippen LogP contribution >= 0.6 is 15.9 Å². The van der Waals surface area contributed by atoms with E-state index in [-0.39, 0.29) is 19.1 Å². The first kappa shape index (κ1) is 24.8. The lowest BCUT2D eigenvalue weighted by atomic mass is 10.1. The smallest absolute Gasteiger partial charge is 0.329 e. The summed E-state index contributed by atoms with van der Waals surface area (Å²) in [7, 11) is 0. The summed E-state index contributed by atoms with van der Waals surface area (Å²) in [6.07, 6.45) is 2.78. The van der Waals surface area contributed by atoms with Crippen molar-refractivity contribution in [3.63, 3.8) is 0 Å². The highest BCUT2D eigenvalue weighted by Gasteiger charge is 2.12. The molecule has 0 spiro atoms. The lowest BCUT2D eigenvalue weighted by molar-refractivity contribution is -0.139. The van der Waals surface area contributed by atoms with Crippen LogP contribution < -0.4 is 20.8 Å². The summed E-state index contributed by atoms with van der Waals surface area (Å²) in [5.41, 5.74) is 6.47. The molecule has 0 unspecified atom stereocenters. The van der Waals surface area contributed by atoms with Crippen LogP contribution in [0.3, 0.4) is 0 Å². The Morgan fingerprint density at radius 2 is 1.78 bits per heavy atom. The molecule has 0 atom stereocenters. The first-order valence-electron chi connectivity index (χ1n) is 9.73. The molecule has 0 radical (unpaired) electrons. The zero-order valence-electron chi connectivity index (χ0n) is 18.1. The van der Waals surface area contributed by atoms with Crippen LogP contribution in [0.2, 0.25) is 0 Å². The second kappa shape index (κ2) is 11.8. The molecule has 0 bridgehead atoms. The van der Waals surface area contributed by atoms with Gasteiger partial charge >= 0.3 is 11.8 Å². The Balaban J connectivity index is 2.02. The largest absolute Gasteiger partial charge is 0.483 e. The van der Waals surface area contributed by atoms with Crippen LogP contribution in [0, 0.1) is 20.8 Å². The van der Waals surface area contributed by atoms with Gasteiger partial charge in [0.25, 0.3) is 5.91 Å². The molecular formula is C23H25BrN4O4. The highest BCUT2D eigenvalue weighted by molar-refractivity contribution is 9.10. The van der Waals surface area contributed by atoms with E-state index in [2.05, 4.69) is 43.7 Å². The Kier molecular flexibility index (Phi) is 9.15. The van der Waals surface area contributed by atoms with Crippen LogP contribution in [-0.2, 0) is 14.4 Å². The van der Waals surface area contributed by atoms with Crippen LogP contribution in [0.15, 0.2) is 52.6 Å². The van der Waals surface area contributed by atoms with Crippen LogP contribution in [-0.4, -0.2) is 37.1 Å². The second-order valence-corrected chi connectivity index (χ2v) is 7.91. The molecular weight excluding hydrogens is 476 g/mol. The predicted molar refractivity (Wildman–Crippen MR) is 128 cm³/mol. The zero-order valence-corrected chi connectivity index (χ0v) is 19.7. The fraction of sp³-hybridized carbons (Fsp3) is 0.217. The minimum Gasteiger partial charge on any atom is -0.483 e. The van der Waals surface area contributed by atoms with Crippen LogP contribution in [0.1, 0.15) is 22.3 Å². The van der Waals surface area contributed by atoms with E-state index in [9.17, 15) is 14.4 Å². The third-order valence-corrected chi connectivity index (χ3v) is 4.75. The van der Waals surface area contributed by atoms with E-state index in [1.807, 2.05) is 32.9 Å². The molecule has 0 fully saturated rings. The number of hydrogen-bond donors (Lipinski definition) is 3. The number of carbonyl (C=O) groups excluding carboxylic acids is 3. The van der Waals surface area contributed by atoms with Crippen molar-refractivity contribution in [2.24, 2.45) is 5.10 Å². The molecule has 3 N–H and O–H groups in total. The fourth-order valence-electron chi connectivity index (χ4n) is 2.90. The van der Waals surface area contributed by atoms with Crippen LogP contribution in [0.25, 0.3) is 0 Å². The van der Waals surface area contributed by atoms with E-state index >= 15 is 0 Å². The van der Waals surface area contributed by atoms with Gasteiger partial charge in [0.15, 0.2) is 6.61 Å². The molecule has 32 heavy (non-hydrogen) atoms. The molecule has 9 heteroatoms. The first-order chi connectivity index (χ1) is 15.2. The van der Waals surface area contributed by atoms with Crippen LogP contribution in [0.5, 0.6) is 5.75 Å². The van der Waals surface area contributed by atoms with E-state index in [0.29, 0.717) is 11.3 Å². The normalized spacial score (nSPS) is 10.5. The number of ether oxygens (including phenoxy) is 1. The molecule has 0 aliphatic heterocycles. The van der Waals surface area contributed by atoms with E-state index in [0.717, 1.165) is 26.9 Å². The van der Waals surface area contributed by atoms with Gasteiger partial charge < -0.3 is 15.4 Å². The standard InChI is InChI=1S/C23H25BrN4O4/c1-5-8-25-22(30)23(31)28-26-12-17-11-18(24)6-7-19(17)32-13-20(29)27-21-15(3)9-14(2)10-16(21)4/h5-7,9-12H,1,8,13H2,2-4H3,(H,25,30)(H,27,29)(H,28,31)/b26-12-. The van der Waals surface area contributed by atoms with E-state index < -0.39 is 11.8 Å². The van der Waals surface area contributed by atoms with Gasteiger partial charge in [-0.1, -0.05) is 39.7 Å². The summed E-state index contributed by atoms with van der Waals surface area (Å²) in [4.78, 5) is 35.7. The highest BCUT2D eigenvalue weighted by Crippen LogP contribution is 2.23. The topological polar surface area (TPSA) is 109 Å². The van der Waals surface area contributed by atoms with E-state index in [4.69, 9.17) is 4.74 Å². The van der Waals surface area contributed by atoms with Crippen molar-refractivity contribution in [3.05, 3.63) is 69.7 Å².